The standard InChI is InChI=1S/C16H30N2O3.C16H32N2O2.2C2H6/c1-15(2,16(3,4)11-17-12-19)9-14(20)18-8-6-7-13(18)10-21-5;1-8-18(7)10-14(20)17-12-16(5,6)11-15(3,4)9-13(2)19;2*1-2/h12-13H,6-11H2,1-5H3,(H,17,19);8-12H2,1-7H3,(H,17,20);2*1-2H3. The van der Waals surface area contributed by atoms with E-state index in [9.17, 15) is 19.2 Å². The Kier molecular flexibility index (Phi) is 24.6. The summed E-state index contributed by atoms with van der Waals surface area (Å²) in [5, 5.41) is 5.74. The lowest BCUT2D eigenvalue weighted by atomic mass is 9.66. The summed E-state index contributed by atoms with van der Waals surface area (Å²) in [6.45, 7) is 32.5. The molecule has 0 saturated carbocycles. The molecule has 0 aromatic carbocycles. The van der Waals surface area contributed by atoms with Gasteiger partial charge in [0.25, 0.3) is 0 Å². The molecule has 1 aliphatic heterocycles. The molecular formula is C36H74N4O5. The van der Waals surface area contributed by atoms with Crippen molar-refractivity contribution in [2.75, 3.05) is 53.5 Å². The Balaban J connectivity index is -0.000000706. The van der Waals surface area contributed by atoms with Crippen molar-refractivity contribution < 1.29 is 23.9 Å². The molecule has 0 aliphatic carbocycles. The molecule has 1 rings (SSSR count). The van der Waals surface area contributed by atoms with Gasteiger partial charge in [-0.3, -0.25) is 19.3 Å². The number of carbonyl (C=O) groups excluding carboxylic acids is 4. The van der Waals surface area contributed by atoms with Crippen molar-refractivity contribution >= 4 is 24.0 Å². The maximum Gasteiger partial charge on any atom is 0.234 e. The number of carbonyl (C=O) groups is 4. The molecule has 9 heteroatoms. The summed E-state index contributed by atoms with van der Waals surface area (Å²) < 4.78 is 5.21. The molecule has 1 atom stereocenters. The van der Waals surface area contributed by atoms with Crippen LogP contribution in [0.15, 0.2) is 0 Å². The average molecular weight is 643 g/mol. The van der Waals surface area contributed by atoms with Crippen molar-refractivity contribution in [3.8, 4) is 0 Å². The van der Waals surface area contributed by atoms with Crippen LogP contribution in [-0.4, -0.2) is 93.3 Å². The number of Topliss-reactive ketones (excluding diaryl/α,β-unsaturated/α-hetero) is 1. The third-order valence-corrected chi connectivity index (χ3v) is 8.51. The Hall–Kier alpha value is -2.00. The number of nitrogens with one attached hydrogen (secondary N) is 2. The highest BCUT2D eigenvalue weighted by atomic mass is 16.5. The molecule has 268 valence electrons. The van der Waals surface area contributed by atoms with E-state index >= 15 is 0 Å². The first-order chi connectivity index (χ1) is 20.7. The van der Waals surface area contributed by atoms with Crippen molar-refractivity contribution in [3.63, 3.8) is 0 Å². The van der Waals surface area contributed by atoms with Gasteiger partial charge in [-0.25, -0.2) is 0 Å². The Morgan fingerprint density at radius 2 is 1.47 bits per heavy atom. The largest absolute Gasteiger partial charge is 0.383 e. The normalized spacial score (nSPS) is 15.0. The summed E-state index contributed by atoms with van der Waals surface area (Å²) in [7, 11) is 3.61. The molecule has 1 saturated heterocycles. The number of likely N-dealkylation sites (tertiary alicyclic amines) is 1. The Morgan fingerprint density at radius 1 is 0.911 bits per heavy atom. The van der Waals surface area contributed by atoms with Crippen molar-refractivity contribution in [2.24, 2.45) is 21.7 Å². The van der Waals surface area contributed by atoms with Crippen molar-refractivity contribution in [1.82, 2.24) is 20.4 Å². The third kappa shape index (κ3) is 20.7. The SMILES string of the molecule is CC.CC.CCN(C)CC(=O)NCC(C)(C)CC(C)(C)CC(C)=O.COCC1CCCN1C(=O)CC(C)(C)C(C)(C)CNC=O. The van der Waals surface area contributed by atoms with E-state index in [0.29, 0.717) is 39.1 Å². The van der Waals surface area contributed by atoms with Crippen LogP contribution in [0.5, 0.6) is 0 Å². The lowest BCUT2D eigenvalue weighted by Crippen LogP contribution is -2.46. The lowest BCUT2D eigenvalue weighted by Gasteiger charge is -2.42. The van der Waals surface area contributed by atoms with Crippen LogP contribution >= 0.6 is 0 Å². The van der Waals surface area contributed by atoms with Gasteiger partial charge in [-0.15, -0.1) is 0 Å². The second kappa shape index (κ2) is 23.3. The zero-order valence-electron chi connectivity index (χ0n) is 32.4. The van der Waals surface area contributed by atoms with Gasteiger partial charge in [0.15, 0.2) is 0 Å². The number of ether oxygens (including phenoxy) is 1. The lowest BCUT2D eigenvalue weighted by molar-refractivity contribution is -0.137. The Bertz CT molecular complexity index is 839. The molecule has 0 radical (unpaired) electrons. The minimum absolute atomic E-state index is 0.0145. The van der Waals surface area contributed by atoms with E-state index in [-0.39, 0.29) is 45.3 Å². The number of methoxy groups -OCH3 is 1. The minimum atomic E-state index is -0.194. The number of nitrogens with zero attached hydrogens (tertiary/aromatic N) is 2. The van der Waals surface area contributed by atoms with E-state index in [1.54, 1.807) is 14.0 Å². The van der Waals surface area contributed by atoms with E-state index in [2.05, 4.69) is 66.0 Å². The fraction of sp³-hybridized carbons (Fsp3) is 0.889. The van der Waals surface area contributed by atoms with Gasteiger partial charge in [0.05, 0.1) is 19.2 Å². The first-order valence-electron chi connectivity index (χ1n) is 17.1. The average Bonchev–Trinajstić information content (AvgIpc) is 3.40. The van der Waals surface area contributed by atoms with Crippen molar-refractivity contribution in [1.29, 1.82) is 0 Å². The van der Waals surface area contributed by atoms with Crippen LogP contribution < -0.4 is 10.6 Å². The summed E-state index contributed by atoms with van der Waals surface area (Å²) in [4.78, 5) is 50.2. The van der Waals surface area contributed by atoms with Gasteiger partial charge in [-0.05, 0) is 61.4 Å². The highest BCUT2D eigenvalue weighted by molar-refractivity contribution is 5.78. The molecule has 1 unspecified atom stereocenters. The van der Waals surface area contributed by atoms with Crippen molar-refractivity contribution in [2.45, 2.75) is 135 Å². The quantitative estimate of drug-likeness (QED) is 0.179. The number of rotatable bonds is 17. The van der Waals surface area contributed by atoms with Gasteiger partial charge in [0.1, 0.15) is 5.78 Å². The zero-order chi connectivity index (χ0) is 36.1. The number of likely N-dealkylation sites (N-methyl/N-ethyl adjacent to an activating group) is 1. The predicted molar refractivity (Wildman–Crippen MR) is 189 cm³/mol. The topological polar surface area (TPSA) is 108 Å². The number of hydrogen-bond donors (Lipinski definition) is 2. The molecule has 0 aromatic heterocycles. The van der Waals surface area contributed by atoms with E-state index in [1.165, 1.54) is 0 Å². The highest BCUT2D eigenvalue weighted by Gasteiger charge is 2.41. The summed E-state index contributed by atoms with van der Waals surface area (Å²) in [6, 6.07) is 0.217. The minimum Gasteiger partial charge on any atom is -0.383 e. The monoisotopic (exact) mass is 643 g/mol. The van der Waals surface area contributed by atoms with E-state index < -0.39 is 0 Å². The van der Waals surface area contributed by atoms with Gasteiger partial charge in [-0.2, -0.15) is 0 Å². The van der Waals surface area contributed by atoms with Crippen LogP contribution in [0, 0.1) is 21.7 Å². The van der Waals surface area contributed by atoms with Gasteiger partial charge >= 0.3 is 0 Å². The van der Waals surface area contributed by atoms with Crippen LogP contribution in [-0.2, 0) is 23.9 Å². The molecule has 2 N–H and O–H groups in total. The maximum absolute atomic E-state index is 12.6. The number of ketones is 1. The predicted octanol–water partition coefficient (Wildman–Crippen LogP) is 6.34. The van der Waals surface area contributed by atoms with Crippen molar-refractivity contribution in [3.05, 3.63) is 0 Å². The molecule has 0 aromatic rings. The number of hydrogen-bond acceptors (Lipinski definition) is 6. The summed E-state index contributed by atoms with van der Waals surface area (Å²) in [5.41, 5.74) is -0.389. The molecule has 1 fully saturated rings. The first-order valence-corrected chi connectivity index (χ1v) is 17.1. The maximum atomic E-state index is 12.6. The van der Waals surface area contributed by atoms with Crippen LogP contribution in [0.25, 0.3) is 0 Å². The van der Waals surface area contributed by atoms with E-state index in [1.807, 2.05) is 51.5 Å². The Morgan fingerprint density at radius 3 is 1.93 bits per heavy atom. The molecule has 1 heterocycles. The smallest absolute Gasteiger partial charge is 0.234 e. The molecule has 1 aliphatic rings. The summed E-state index contributed by atoms with van der Waals surface area (Å²) >= 11 is 0. The van der Waals surface area contributed by atoms with Crippen LogP contribution in [0.4, 0.5) is 0 Å². The molecular weight excluding hydrogens is 568 g/mol. The van der Waals surface area contributed by atoms with E-state index in [4.69, 9.17) is 4.74 Å². The van der Waals surface area contributed by atoms with Gasteiger partial charge in [0, 0.05) is 39.6 Å². The molecule has 9 nitrogen and oxygen atoms in total. The fourth-order valence-corrected chi connectivity index (χ4v) is 5.63. The van der Waals surface area contributed by atoms with Gasteiger partial charge in [-0.1, -0.05) is 90.0 Å². The van der Waals surface area contributed by atoms with Crippen LogP contribution in [0.3, 0.4) is 0 Å². The molecule has 0 bridgehead atoms. The fourth-order valence-electron chi connectivity index (χ4n) is 5.63. The summed E-state index contributed by atoms with van der Waals surface area (Å²) in [6.07, 6.45) is 4.77. The van der Waals surface area contributed by atoms with Crippen LogP contribution in [0.1, 0.15) is 129 Å². The van der Waals surface area contributed by atoms with Gasteiger partial charge in [0.2, 0.25) is 18.2 Å². The zero-order valence-corrected chi connectivity index (χ0v) is 32.4. The molecule has 0 spiro atoms. The second-order valence-electron chi connectivity index (χ2n) is 14.8. The Labute approximate surface area is 278 Å². The summed E-state index contributed by atoms with van der Waals surface area (Å²) in [5.74, 6) is 0.477. The van der Waals surface area contributed by atoms with E-state index in [0.717, 1.165) is 38.8 Å². The number of amides is 3. The molecule has 3 amide bonds. The third-order valence-electron chi connectivity index (χ3n) is 8.51. The first kappa shape index (κ1) is 47.4. The molecule has 45 heavy (non-hydrogen) atoms. The second-order valence-corrected chi connectivity index (χ2v) is 14.8. The highest BCUT2D eigenvalue weighted by Crippen LogP contribution is 2.41. The van der Waals surface area contributed by atoms with Crippen LogP contribution in [0.2, 0.25) is 0 Å². The van der Waals surface area contributed by atoms with Gasteiger partial charge < -0.3 is 25.1 Å².